The number of H-pyrrole nitrogens is 1. The maximum Gasteiger partial charge on any atom is 0.278 e. The zero-order chi connectivity index (χ0) is 12.5. The summed E-state index contributed by atoms with van der Waals surface area (Å²) in [6, 6.07) is 7.81. The number of para-hydroxylation sites is 1. The molecular weight excluding hydrogens is 230 g/mol. The highest BCUT2D eigenvalue weighted by atomic mass is 16.2. The van der Waals surface area contributed by atoms with Crippen molar-refractivity contribution in [3.8, 4) is 0 Å². The Hall–Kier alpha value is -2.43. The van der Waals surface area contributed by atoms with E-state index in [2.05, 4.69) is 9.97 Å². The van der Waals surface area contributed by atoms with Crippen molar-refractivity contribution in [2.24, 2.45) is 0 Å². The van der Waals surface area contributed by atoms with Crippen molar-refractivity contribution in [2.75, 3.05) is 11.4 Å². The molecule has 1 aromatic heterocycles. The lowest BCUT2D eigenvalue weighted by Gasteiger charge is -2.16. The molecule has 0 aliphatic carbocycles. The Balaban J connectivity index is 1.95. The van der Waals surface area contributed by atoms with Crippen LogP contribution in [0.1, 0.15) is 16.1 Å². The van der Waals surface area contributed by atoms with Crippen LogP contribution in [0.25, 0.3) is 0 Å². The van der Waals surface area contributed by atoms with E-state index in [1.54, 1.807) is 4.90 Å². The van der Waals surface area contributed by atoms with Gasteiger partial charge in [0.05, 0.1) is 6.20 Å². The molecule has 0 atom stereocenters. The van der Waals surface area contributed by atoms with Crippen molar-refractivity contribution in [1.29, 1.82) is 0 Å². The number of rotatable bonds is 1. The lowest BCUT2D eigenvalue weighted by molar-refractivity contribution is 0.0984. The van der Waals surface area contributed by atoms with Crippen LogP contribution in [0.2, 0.25) is 0 Å². The second-order valence-corrected chi connectivity index (χ2v) is 4.13. The minimum Gasteiger partial charge on any atom is -0.325 e. The van der Waals surface area contributed by atoms with Crippen LogP contribution in [0.5, 0.6) is 0 Å². The molecule has 0 bridgehead atoms. The molecule has 0 radical (unpaired) electrons. The predicted molar refractivity (Wildman–Crippen MR) is 66.7 cm³/mol. The van der Waals surface area contributed by atoms with Gasteiger partial charge in [0.15, 0.2) is 0 Å². The van der Waals surface area contributed by atoms with Gasteiger partial charge in [-0.1, -0.05) is 18.2 Å². The van der Waals surface area contributed by atoms with E-state index in [0.717, 1.165) is 23.9 Å². The van der Waals surface area contributed by atoms with Gasteiger partial charge in [0.25, 0.3) is 11.5 Å². The maximum atomic E-state index is 12.3. The van der Waals surface area contributed by atoms with Gasteiger partial charge in [-0.2, -0.15) is 0 Å². The molecular formula is C13H11N3O2. The number of nitrogens with zero attached hydrogens (tertiary/aromatic N) is 2. The lowest BCUT2D eigenvalue weighted by Crippen LogP contribution is -2.30. The number of aromatic nitrogens is 2. The van der Waals surface area contributed by atoms with Crippen LogP contribution < -0.4 is 10.5 Å². The van der Waals surface area contributed by atoms with Crippen LogP contribution in [0.15, 0.2) is 41.5 Å². The normalized spacial score (nSPS) is 13.4. The highest BCUT2D eigenvalue weighted by molar-refractivity contribution is 6.05. The molecule has 2 aromatic rings. The zero-order valence-electron chi connectivity index (χ0n) is 9.59. The fourth-order valence-electron chi connectivity index (χ4n) is 2.15. The molecule has 1 amide bonds. The van der Waals surface area contributed by atoms with Crippen molar-refractivity contribution in [3.63, 3.8) is 0 Å². The molecule has 5 nitrogen and oxygen atoms in total. The van der Waals surface area contributed by atoms with Gasteiger partial charge in [-0.15, -0.1) is 0 Å². The zero-order valence-corrected chi connectivity index (χ0v) is 9.59. The fourth-order valence-corrected chi connectivity index (χ4v) is 2.15. The molecule has 3 rings (SSSR count). The van der Waals surface area contributed by atoms with E-state index >= 15 is 0 Å². The van der Waals surface area contributed by atoms with Crippen LogP contribution in [-0.2, 0) is 6.42 Å². The number of hydrogen-bond acceptors (Lipinski definition) is 3. The van der Waals surface area contributed by atoms with E-state index in [1.807, 2.05) is 24.3 Å². The summed E-state index contributed by atoms with van der Waals surface area (Å²) in [6.07, 6.45) is 3.33. The Morgan fingerprint density at radius 2 is 2.17 bits per heavy atom. The summed E-state index contributed by atoms with van der Waals surface area (Å²) in [5.74, 6) is -0.184. The Morgan fingerprint density at radius 1 is 1.33 bits per heavy atom. The average Bonchev–Trinajstić information content (AvgIpc) is 2.82. The number of hydrogen-bond donors (Lipinski definition) is 1. The highest BCUT2D eigenvalue weighted by Gasteiger charge is 2.25. The summed E-state index contributed by atoms with van der Waals surface area (Å²) in [5.41, 5.74) is 2.03. The highest BCUT2D eigenvalue weighted by Crippen LogP contribution is 2.28. The number of nitrogens with one attached hydrogen (secondary N) is 1. The molecule has 1 aromatic carbocycles. The van der Waals surface area contributed by atoms with Crippen molar-refractivity contribution in [3.05, 3.63) is 58.3 Å². The van der Waals surface area contributed by atoms with Gasteiger partial charge < -0.3 is 9.88 Å². The van der Waals surface area contributed by atoms with Crippen molar-refractivity contribution in [1.82, 2.24) is 9.97 Å². The smallest absolute Gasteiger partial charge is 0.278 e. The summed E-state index contributed by atoms with van der Waals surface area (Å²) in [4.78, 5) is 31.2. The first-order chi connectivity index (χ1) is 8.75. The summed E-state index contributed by atoms with van der Waals surface area (Å²) in [7, 11) is 0. The van der Waals surface area contributed by atoms with Crippen LogP contribution in [0.3, 0.4) is 0 Å². The molecule has 1 aliphatic heterocycles. The summed E-state index contributed by atoms with van der Waals surface area (Å²) in [6.45, 7) is 0.652. The van der Waals surface area contributed by atoms with E-state index in [9.17, 15) is 9.59 Å². The molecule has 5 heteroatoms. The number of aromatic amines is 1. The van der Waals surface area contributed by atoms with Crippen LogP contribution >= 0.6 is 0 Å². The fraction of sp³-hybridized carbons (Fsp3) is 0.154. The third-order valence-electron chi connectivity index (χ3n) is 3.02. The number of carbonyl (C=O) groups excluding carboxylic acids is 1. The van der Waals surface area contributed by atoms with Crippen LogP contribution in [-0.4, -0.2) is 22.4 Å². The minimum absolute atomic E-state index is 0.184. The Bertz CT molecular complexity index is 643. The molecule has 0 saturated carbocycles. The van der Waals surface area contributed by atoms with E-state index < -0.39 is 0 Å². The molecule has 1 aliphatic rings. The quantitative estimate of drug-likeness (QED) is 0.809. The first kappa shape index (κ1) is 10.7. The third-order valence-corrected chi connectivity index (χ3v) is 3.02. The second-order valence-electron chi connectivity index (χ2n) is 4.13. The molecule has 18 heavy (non-hydrogen) atoms. The minimum atomic E-state index is -0.312. The number of anilines is 1. The van der Waals surface area contributed by atoms with Gasteiger partial charge in [-0.3, -0.25) is 9.59 Å². The van der Waals surface area contributed by atoms with Gasteiger partial charge >= 0.3 is 0 Å². The molecule has 0 spiro atoms. The van der Waals surface area contributed by atoms with Crippen LogP contribution in [0, 0.1) is 0 Å². The lowest BCUT2D eigenvalue weighted by atomic mass is 10.2. The number of benzene rings is 1. The predicted octanol–water partition coefficient (Wildman–Crippen LogP) is 0.973. The molecule has 0 unspecified atom stereocenters. The summed E-state index contributed by atoms with van der Waals surface area (Å²) >= 11 is 0. The summed E-state index contributed by atoms with van der Waals surface area (Å²) < 4.78 is 0. The third kappa shape index (κ3) is 1.69. The first-order valence-electron chi connectivity index (χ1n) is 5.70. The largest absolute Gasteiger partial charge is 0.325 e. The molecule has 0 fully saturated rings. The number of carbonyl (C=O) groups is 1. The maximum absolute atomic E-state index is 12.3. The van der Waals surface area contributed by atoms with Gasteiger partial charge in [0, 0.05) is 18.4 Å². The van der Waals surface area contributed by atoms with E-state index in [0.29, 0.717) is 6.54 Å². The van der Waals surface area contributed by atoms with Crippen molar-refractivity contribution < 1.29 is 4.79 Å². The van der Waals surface area contributed by atoms with Crippen molar-refractivity contribution >= 4 is 11.6 Å². The Labute approximate surface area is 103 Å². The van der Waals surface area contributed by atoms with Gasteiger partial charge in [0.2, 0.25) is 0 Å². The second kappa shape index (κ2) is 4.10. The van der Waals surface area contributed by atoms with Crippen molar-refractivity contribution in [2.45, 2.75) is 6.42 Å². The molecule has 0 saturated heterocycles. The SMILES string of the molecule is O=C(c1c[nH]c(=O)cn1)N1CCc2ccccc21. The molecule has 1 N–H and O–H groups in total. The monoisotopic (exact) mass is 241 g/mol. The Kier molecular flexibility index (Phi) is 2.44. The average molecular weight is 241 g/mol. The molecule has 2 heterocycles. The van der Waals surface area contributed by atoms with Gasteiger partial charge in [-0.05, 0) is 18.1 Å². The number of amides is 1. The van der Waals surface area contributed by atoms with Gasteiger partial charge in [-0.25, -0.2) is 4.98 Å². The summed E-state index contributed by atoms with van der Waals surface area (Å²) in [5, 5.41) is 0. The van der Waals surface area contributed by atoms with Crippen LogP contribution in [0.4, 0.5) is 5.69 Å². The van der Waals surface area contributed by atoms with E-state index in [4.69, 9.17) is 0 Å². The Morgan fingerprint density at radius 3 is 2.94 bits per heavy atom. The van der Waals surface area contributed by atoms with Gasteiger partial charge in [0.1, 0.15) is 5.69 Å². The topological polar surface area (TPSA) is 66.1 Å². The number of fused-ring (bicyclic) bond motifs is 1. The van der Waals surface area contributed by atoms with E-state index in [1.165, 1.54) is 6.20 Å². The molecule has 90 valence electrons. The van der Waals surface area contributed by atoms with E-state index in [-0.39, 0.29) is 17.2 Å². The first-order valence-corrected chi connectivity index (χ1v) is 5.70. The standard InChI is InChI=1S/C13H11N3O2/c17-12-8-14-10(7-15-12)13(18)16-6-5-9-3-1-2-4-11(9)16/h1-4,7-8H,5-6H2,(H,15,17).